The Balaban J connectivity index is 1.78. The van der Waals surface area contributed by atoms with E-state index in [4.69, 9.17) is 4.74 Å². The zero-order valence-electron chi connectivity index (χ0n) is 13.6. The molecule has 6 heteroatoms. The third-order valence-electron chi connectivity index (χ3n) is 3.98. The molecule has 118 valence electrons. The van der Waals surface area contributed by atoms with Crippen molar-refractivity contribution in [3.8, 4) is 11.3 Å². The summed E-state index contributed by atoms with van der Waals surface area (Å²) in [6.07, 6.45) is 5.70. The average Bonchev–Trinajstić information content (AvgIpc) is 2.77. The van der Waals surface area contributed by atoms with Gasteiger partial charge in [0.2, 0.25) is 5.95 Å². The molecule has 2 aromatic rings. The first-order valence-corrected chi connectivity index (χ1v) is 7.67. The molecule has 0 radical (unpaired) electrons. The Labute approximate surface area is 130 Å². The monoisotopic (exact) mass is 301 g/mol. The van der Waals surface area contributed by atoms with E-state index in [9.17, 15) is 0 Å². The summed E-state index contributed by atoms with van der Waals surface area (Å²) in [4.78, 5) is 9.00. The molecule has 0 unspecified atom stereocenters. The number of aryl methyl sites for hydroxylation is 2. The first-order valence-electron chi connectivity index (χ1n) is 7.67. The fourth-order valence-electron chi connectivity index (χ4n) is 2.97. The molecule has 1 N–H and O–H groups in total. The van der Waals surface area contributed by atoms with E-state index in [0.717, 1.165) is 36.4 Å². The summed E-state index contributed by atoms with van der Waals surface area (Å²) in [5.74, 6) is 0.670. The van der Waals surface area contributed by atoms with Crippen LogP contribution in [0.25, 0.3) is 11.3 Å². The molecule has 2 aromatic heterocycles. The predicted molar refractivity (Wildman–Crippen MR) is 85.6 cm³/mol. The zero-order valence-corrected chi connectivity index (χ0v) is 13.6. The molecule has 1 saturated heterocycles. The van der Waals surface area contributed by atoms with Gasteiger partial charge in [0, 0.05) is 37.7 Å². The van der Waals surface area contributed by atoms with Gasteiger partial charge in [-0.3, -0.25) is 4.68 Å². The van der Waals surface area contributed by atoms with Gasteiger partial charge >= 0.3 is 0 Å². The maximum atomic E-state index is 5.75. The molecule has 1 aliphatic heterocycles. The summed E-state index contributed by atoms with van der Waals surface area (Å²) >= 11 is 0. The smallest absolute Gasteiger partial charge is 0.223 e. The molecule has 0 bridgehead atoms. The van der Waals surface area contributed by atoms with Crippen molar-refractivity contribution in [3.05, 3.63) is 24.2 Å². The number of rotatable bonds is 3. The largest absolute Gasteiger partial charge is 0.375 e. The quantitative estimate of drug-likeness (QED) is 0.944. The van der Waals surface area contributed by atoms with Crippen LogP contribution in [0.5, 0.6) is 0 Å². The number of hydrogen-bond donors (Lipinski definition) is 1. The Morgan fingerprint density at radius 1 is 1.41 bits per heavy atom. The van der Waals surface area contributed by atoms with Crippen molar-refractivity contribution >= 4 is 5.95 Å². The number of anilines is 1. The minimum Gasteiger partial charge on any atom is -0.375 e. The van der Waals surface area contributed by atoms with Gasteiger partial charge in [0.05, 0.1) is 17.0 Å². The van der Waals surface area contributed by atoms with Gasteiger partial charge in [-0.1, -0.05) is 0 Å². The highest BCUT2D eigenvalue weighted by Crippen LogP contribution is 2.26. The fraction of sp³-hybridized carbons (Fsp3) is 0.562. The molecular weight excluding hydrogens is 278 g/mol. The summed E-state index contributed by atoms with van der Waals surface area (Å²) in [7, 11) is 1.92. The Kier molecular flexibility index (Phi) is 3.87. The molecule has 0 aromatic carbocycles. The number of ether oxygens (including phenoxy) is 1. The number of aromatic nitrogens is 4. The van der Waals surface area contributed by atoms with E-state index in [1.807, 2.05) is 26.2 Å². The van der Waals surface area contributed by atoms with Gasteiger partial charge in [0.25, 0.3) is 0 Å². The summed E-state index contributed by atoms with van der Waals surface area (Å²) in [6, 6.07) is 2.26. The van der Waals surface area contributed by atoms with Gasteiger partial charge in [-0.25, -0.2) is 9.97 Å². The zero-order chi connectivity index (χ0) is 15.7. The van der Waals surface area contributed by atoms with Crippen LogP contribution in [0.15, 0.2) is 18.5 Å². The van der Waals surface area contributed by atoms with Crippen molar-refractivity contribution in [2.75, 3.05) is 11.9 Å². The maximum absolute atomic E-state index is 5.75. The lowest BCUT2D eigenvalue weighted by Crippen LogP contribution is -2.40. The molecule has 3 heterocycles. The third kappa shape index (κ3) is 3.27. The number of nitrogens with one attached hydrogen (secondary N) is 1. The Morgan fingerprint density at radius 2 is 2.23 bits per heavy atom. The van der Waals surface area contributed by atoms with Crippen LogP contribution in [0.4, 0.5) is 5.95 Å². The van der Waals surface area contributed by atoms with Gasteiger partial charge in [0.1, 0.15) is 0 Å². The maximum Gasteiger partial charge on any atom is 0.223 e. The summed E-state index contributed by atoms with van der Waals surface area (Å²) in [6.45, 7) is 7.01. The van der Waals surface area contributed by atoms with Crippen LogP contribution >= 0.6 is 0 Å². The Bertz CT molecular complexity index is 664. The molecule has 1 aliphatic rings. The molecule has 22 heavy (non-hydrogen) atoms. The summed E-state index contributed by atoms with van der Waals surface area (Å²) < 4.78 is 7.56. The fourth-order valence-corrected chi connectivity index (χ4v) is 2.97. The van der Waals surface area contributed by atoms with Crippen LogP contribution < -0.4 is 5.32 Å². The highest BCUT2D eigenvalue weighted by atomic mass is 16.5. The standard InChI is InChI=1S/C16H23N5O/c1-11-13(10-21(4)20-11)14-5-7-17-15(19-14)18-12-6-8-22-16(2,3)9-12/h5,7,10,12H,6,8-9H2,1-4H3,(H,17,18,19)/t12-/m1/s1. The summed E-state index contributed by atoms with van der Waals surface area (Å²) in [5, 5.41) is 7.81. The van der Waals surface area contributed by atoms with Crippen molar-refractivity contribution in [2.45, 2.75) is 45.3 Å². The predicted octanol–water partition coefficient (Wildman–Crippen LogP) is 2.56. The third-order valence-corrected chi connectivity index (χ3v) is 3.98. The first-order chi connectivity index (χ1) is 10.4. The second-order valence-corrected chi connectivity index (χ2v) is 6.51. The van der Waals surface area contributed by atoms with Crippen molar-refractivity contribution in [3.63, 3.8) is 0 Å². The molecular formula is C16H23N5O. The van der Waals surface area contributed by atoms with Crippen molar-refractivity contribution in [1.82, 2.24) is 19.7 Å². The van der Waals surface area contributed by atoms with Crippen LogP contribution in [0, 0.1) is 6.92 Å². The average molecular weight is 301 g/mol. The highest BCUT2D eigenvalue weighted by molar-refractivity contribution is 5.61. The Morgan fingerprint density at radius 3 is 2.91 bits per heavy atom. The van der Waals surface area contributed by atoms with Crippen LogP contribution in [-0.2, 0) is 11.8 Å². The highest BCUT2D eigenvalue weighted by Gasteiger charge is 2.29. The van der Waals surface area contributed by atoms with Gasteiger partial charge in [-0.15, -0.1) is 0 Å². The molecule has 1 fully saturated rings. The van der Waals surface area contributed by atoms with Gasteiger partial charge in [-0.05, 0) is 39.7 Å². The second-order valence-electron chi connectivity index (χ2n) is 6.51. The van der Waals surface area contributed by atoms with Crippen LogP contribution in [0.3, 0.4) is 0 Å². The molecule has 0 spiro atoms. The lowest BCUT2D eigenvalue weighted by molar-refractivity contribution is -0.0553. The molecule has 1 atom stereocenters. The SMILES string of the molecule is Cc1nn(C)cc1-c1ccnc(N[C@@H]2CCOC(C)(C)C2)n1. The van der Waals surface area contributed by atoms with E-state index in [0.29, 0.717) is 12.0 Å². The van der Waals surface area contributed by atoms with Gasteiger partial charge in [0.15, 0.2) is 0 Å². The van der Waals surface area contributed by atoms with Gasteiger partial charge < -0.3 is 10.1 Å². The van der Waals surface area contributed by atoms with Crippen molar-refractivity contribution in [1.29, 1.82) is 0 Å². The van der Waals surface area contributed by atoms with Crippen molar-refractivity contribution < 1.29 is 4.74 Å². The van der Waals surface area contributed by atoms with E-state index in [2.05, 4.69) is 34.2 Å². The normalized spacial score (nSPS) is 20.8. The summed E-state index contributed by atoms with van der Waals surface area (Å²) in [5.41, 5.74) is 2.82. The van der Waals surface area contributed by atoms with Crippen LogP contribution in [0.2, 0.25) is 0 Å². The molecule has 6 nitrogen and oxygen atoms in total. The van der Waals surface area contributed by atoms with Gasteiger partial charge in [-0.2, -0.15) is 5.10 Å². The van der Waals surface area contributed by atoms with Crippen LogP contribution in [-0.4, -0.2) is 38.0 Å². The lowest BCUT2D eigenvalue weighted by Gasteiger charge is -2.35. The Hall–Kier alpha value is -1.95. The molecule has 0 aliphatic carbocycles. The van der Waals surface area contributed by atoms with E-state index < -0.39 is 0 Å². The van der Waals surface area contributed by atoms with E-state index in [-0.39, 0.29) is 5.60 Å². The van der Waals surface area contributed by atoms with E-state index in [1.54, 1.807) is 10.9 Å². The second kappa shape index (κ2) is 5.68. The van der Waals surface area contributed by atoms with Crippen molar-refractivity contribution in [2.24, 2.45) is 7.05 Å². The number of hydrogen-bond acceptors (Lipinski definition) is 5. The molecule has 0 amide bonds. The van der Waals surface area contributed by atoms with Crippen LogP contribution in [0.1, 0.15) is 32.4 Å². The molecule has 3 rings (SSSR count). The minimum atomic E-state index is -0.0898. The topological polar surface area (TPSA) is 64.9 Å². The van der Waals surface area contributed by atoms with E-state index in [1.165, 1.54) is 0 Å². The minimum absolute atomic E-state index is 0.0898. The van der Waals surface area contributed by atoms with E-state index >= 15 is 0 Å². The lowest BCUT2D eigenvalue weighted by atomic mass is 9.94. The first kappa shape index (κ1) is 15.0. The molecule has 0 saturated carbocycles. The number of nitrogens with zero attached hydrogens (tertiary/aromatic N) is 4.